The number of rotatable bonds is 4. The number of carbonyl (C=O) groups is 1. The van der Waals surface area contributed by atoms with Gasteiger partial charge in [0, 0.05) is 18.7 Å². The summed E-state index contributed by atoms with van der Waals surface area (Å²) in [6.07, 6.45) is 0.300. The molecular weight excluding hydrogens is 230 g/mol. The molecule has 0 fully saturated rings. The highest BCUT2D eigenvalue weighted by atomic mass is 16.5. The van der Waals surface area contributed by atoms with Gasteiger partial charge in [0.05, 0.1) is 25.3 Å². The van der Waals surface area contributed by atoms with Crippen molar-refractivity contribution in [1.82, 2.24) is 4.90 Å². The van der Waals surface area contributed by atoms with Crippen molar-refractivity contribution < 1.29 is 9.53 Å². The second kappa shape index (κ2) is 5.92. The molecule has 0 aliphatic carbocycles. The van der Waals surface area contributed by atoms with Gasteiger partial charge in [-0.3, -0.25) is 4.79 Å². The topological polar surface area (TPSA) is 79.3 Å². The van der Waals surface area contributed by atoms with Crippen LogP contribution in [0, 0.1) is 11.3 Å². The molecule has 1 amide bonds. The van der Waals surface area contributed by atoms with Crippen LogP contribution in [0.3, 0.4) is 0 Å². The van der Waals surface area contributed by atoms with E-state index in [1.807, 2.05) is 13.0 Å². The SMILES string of the molecule is COc1cc(C(=O)N(C)C(C)CC#N)ccc1N. The van der Waals surface area contributed by atoms with Gasteiger partial charge in [-0.15, -0.1) is 0 Å². The van der Waals surface area contributed by atoms with Gasteiger partial charge in [0.25, 0.3) is 5.91 Å². The summed E-state index contributed by atoms with van der Waals surface area (Å²) in [7, 11) is 3.18. The highest BCUT2D eigenvalue weighted by Crippen LogP contribution is 2.23. The number of nitrogens with two attached hydrogens (primary N) is 1. The molecule has 1 aromatic rings. The molecule has 0 radical (unpaired) electrons. The molecule has 0 saturated heterocycles. The number of carbonyl (C=O) groups excluding carboxylic acids is 1. The molecule has 5 heteroatoms. The highest BCUT2D eigenvalue weighted by Gasteiger charge is 2.18. The van der Waals surface area contributed by atoms with Crippen molar-refractivity contribution in [2.45, 2.75) is 19.4 Å². The summed E-state index contributed by atoms with van der Waals surface area (Å²) in [6.45, 7) is 1.83. The molecule has 0 aliphatic heterocycles. The van der Waals surface area contributed by atoms with Crippen LogP contribution in [0.5, 0.6) is 5.75 Å². The number of ether oxygens (including phenoxy) is 1. The molecule has 5 nitrogen and oxygen atoms in total. The van der Waals surface area contributed by atoms with E-state index >= 15 is 0 Å². The maximum absolute atomic E-state index is 12.2. The number of benzene rings is 1. The number of hydrogen-bond donors (Lipinski definition) is 1. The van der Waals surface area contributed by atoms with Crippen molar-refractivity contribution in [2.24, 2.45) is 0 Å². The first-order valence-electron chi connectivity index (χ1n) is 5.58. The summed E-state index contributed by atoms with van der Waals surface area (Å²) in [5.74, 6) is 0.318. The Hall–Kier alpha value is -2.22. The van der Waals surface area contributed by atoms with E-state index in [4.69, 9.17) is 15.7 Å². The van der Waals surface area contributed by atoms with Gasteiger partial charge in [-0.25, -0.2) is 0 Å². The van der Waals surface area contributed by atoms with E-state index in [1.165, 1.54) is 12.0 Å². The van der Waals surface area contributed by atoms with Crippen molar-refractivity contribution in [1.29, 1.82) is 5.26 Å². The average molecular weight is 247 g/mol. The minimum absolute atomic E-state index is 0.133. The van der Waals surface area contributed by atoms with Crippen LogP contribution in [0.15, 0.2) is 18.2 Å². The van der Waals surface area contributed by atoms with E-state index in [-0.39, 0.29) is 11.9 Å². The maximum Gasteiger partial charge on any atom is 0.254 e. The average Bonchev–Trinajstić information content (AvgIpc) is 2.38. The Labute approximate surface area is 107 Å². The number of nitrogens with zero attached hydrogens (tertiary/aromatic N) is 2. The smallest absolute Gasteiger partial charge is 0.254 e. The first kappa shape index (κ1) is 13.8. The summed E-state index contributed by atoms with van der Waals surface area (Å²) < 4.78 is 5.08. The van der Waals surface area contributed by atoms with Crippen LogP contribution in [-0.4, -0.2) is 31.0 Å². The fraction of sp³-hybridized carbons (Fsp3) is 0.385. The highest BCUT2D eigenvalue weighted by molar-refractivity contribution is 5.95. The largest absolute Gasteiger partial charge is 0.495 e. The van der Waals surface area contributed by atoms with Gasteiger partial charge in [-0.05, 0) is 25.1 Å². The zero-order chi connectivity index (χ0) is 13.7. The molecule has 1 rings (SSSR count). The fourth-order valence-corrected chi connectivity index (χ4v) is 1.52. The van der Waals surface area contributed by atoms with Crippen molar-refractivity contribution in [3.8, 4) is 11.8 Å². The minimum atomic E-state index is -0.156. The Bertz CT molecular complexity index is 480. The van der Waals surface area contributed by atoms with Crippen LogP contribution < -0.4 is 10.5 Å². The molecule has 0 aromatic heterocycles. The molecule has 0 heterocycles. The van der Waals surface area contributed by atoms with E-state index in [2.05, 4.69) is 0 Å². The molecule has 0 spiro atoms. The van der Waals surface area contributed by atoms with E-state index in [0.717, 1.165) is 0 Å². The maximum atomic E-state index is 12.2. The van der Waals surface area contributed by atoms with Gasteiger partial charge >= 0.3 is 0 Å². The number of nitrogen functional groups attached to an aromatic ring is 1. The molecule has 18 heavy (non-hydrogen) atoms. The molecule has 0 bridgehead atoms. The first-order chi connectivity index (χ1) is 8.51. The second-order valence-electron chi connectivity index (χ2n) is 4.08. The van der Waals surface area contributed by atoms with Crippen molar-refractivity contribution >= 4 is 11.6 Å². The van der Waals surface area contributed by atoms with Crippen LogP contribution in [-0.2, 0) is 0 Å². The predicted octanol–water partition coefficient (Wildman–Crippen LogP) is 1.65. The molecule has 0 saturated carbocycles. The predicted molar refractivity (Wildman–Crippen MR) is 69.2 cm³/mol. The number of anilines is 1. The lowest BCUT2D eigenvalue weighted by molar-refractivity contribution is 0.0746. The Kier molecular flexibility index (Phi) is 4.55. The lowest BCUT2D eigenvalue weighted by Crippen LogP contribution is -2.34. The number of nitriles is 1. The summed E-state index contributed by atoms with van der Waals surface area (Å²) in [5.41, 5.74) is 6.67. The minimum Gasteiger partial charge on any atom is -0.495 e. The van der Waals surface area contributed by atoms with Gasteiger partial charge < -0.3 is 15.4 Å². The fourth-order valence-electron chi connectivity index (χ4n) is 1.52. The van der Waals surface area contributed by atoms with Crippen LogP contribution >= 0.6 is 0 Å². The second-order valence-corrected chi connectivity index (χ2v) is 4.08. The molecule has 2 N–H and O–H groups in total. The van der Waals surface area contributed by atoms with Crippen molar-refractivity contribution in [3.63, 3.8) is 0 Å². The lowest BCUT2D eigenvalue weighted by Gasteiger charge is -2.23. The monoisotopic (exact) mass is 247 g/mol. The van der Waals surface area contributed by atoms with Gasteiger partial charge in [-0.2, -0.15) is 5.26 Å². The van der Waals surface area contributed by atoms with Gasteiger partial charge in [0.2, 0.25) is 0 Å². The molecule has 96 valence electrons. The zero-order valence-corrected chi connectivity index (χ0v) is 10.8. The quantitative estimate of drug-likeness (QED) is 0.820. The summed E-state index contributed by atoms with van der Waals surface area (Å²) in [4.78, 5) is 13.7. The Balaban J connectivity index is 2.94. The van der Waals surface area contributed by atoms with Crippen LogP contribution in [0.1, 0.15) is 23.7 Å². The van der Waals surface area contributed by atoms with Crippen molar-refractivity contribution in [2.75, 3.05) is 19.9 Å². The van der Waals surface area contributed by atoms with E-state index in [1.54, 1.807) is 25.2 Å². The summed E-state index contributed by atoms with van der Waals surface area (Å²) in [6, 6.07) is 6.80. The normalized spacial score (nSPS) is 11.4. The van der Waals surface area contributed by atoms with Crippen molar-refractivity contribution in [3.05, 3.63) is 23.8 Å². The number of hydrogen-bond acceptors (Lipinski definition) is 4. The Morgan fingerprint density at radius 3 is 2.83 bits per heavy atom. The third-order valence-corrected chi connectivity index (χ3v) is 2.85. The standard InChI is InChI=1S/C13H17N3O2/c1-9(6-7-14)16(2)13(17)10-4-5-11(15)12(8-10)18-3/h4-5,8-9H,6,15H2,1-3H3. The van der Waals surface area contributed by atoms with E-state index in [0.29, 0.717) is 23.4 Å². The third-order valence-electron chi connectivity index (χ3n) is 2.85. The first-order valence-corrected chi connectivity index (χ1v) is 5.58. The van der Waals surface area contributed by atoms with Gasteiger partial charge in [0.15, 0.2) is 0 Å². The summed E-state index contributed by atoms with van der Waals surface area (Å²) in [5, 5.41) is 8.63. The zero-order valence-electron chi connectivity index (χ0n) is 10.8. The van der Waals surface area contributed by atoms with Crippen LogP contribution in [0.2, 0.25) is 0 Å². The van der Waals surface area contributed by atoms with Crippen LogP contribution in [0.4, 0.5) is 5.69 Å². The third kappa shape index (κ3) is 2.92. The molecule has 1 aromatic carbocycles. The number of methoxy groups -OCH3 is 1. The van der Waals surface area contributed by atoms with E-state index < -0.39 is 0 Å². The molecule has 1 unspecified atom stereocenters. The van der Waals surface area contributed by atoms with E-state index in [9.17, 15) is 4.79 Å². The number of amides is 1. The molecule has 1 atom stereocenters. The molecular formula is C13H17N3O2. The summed E-state index contributed by atoms with van der Waals surface area (Å²) >= 11 is 0. The van der Waals surface area contributed by atoms with Gasteiger partial charge in [-0.1, -0.05) is 0 Å². The lowest BCUT2D eigenvalue weighted by atomic mass is 10.1. The van der Waals surface area contributed by atoms with Crippen LogP contribution in [0.25, 0.3) is 0 Å². The Morgan fingerprint density at radius 2 is 2.28 bits per heavy atom. The molecule has 0 aliphatic rings. The van der Waals surface area contributed by atoms with Gasteiger partial charge in [0.1, 0.15) is 5.75 Å². The Morgan fingerprint density at radius 1 is 1.61 bits per heavy atom.